The Morgan fingerprint density at radius 1 is 1.15 bits per heavy atom. The molecule has 1 N–H and O–H groups in total. The molecule has 0 aliphatic heterocycles. The van der Waals surface area contributed by atoms with Gasteiger partial charge in [0.15, 0.2) is 6.61 Å². The summed E-state index contributed by atoms with van der Waals surface area (Å²) in [5, 5.41) is 2.82. The summed E-state index contributed by atoms with van der Waals surface area (Å²) in [6.45, 7) is 11.1. The van der Waals surface area contributed by atoms with Gasteiger partial charge in [0.2, 0.25) is 0 Å². The van der Waals surface area contributed by atoms with Crippen molar-refractivity contribution in [3.8, 4) is 0 Å². The van der Waals surface area contributed by atoms with E-state index in [1.54, 1.807) is 29.9 Å². The molecular weight excluding hydrogens is 340 g/mol. The van der Waals surface area contributed by atoms with Crippen LogP contribution >= 0.6 is 0 Å². The highest BCUT2D eigenvalue weighted by molar-refractivity contribution is 5.89. The Hall–Kier alpha value is -2.56. The third-order valence-electron chi connectivity index (χ3n) is 4.75. The SMILES string of the molecule is Cc1cc(C(C)(C)C)cc(C)c1CCNC(=O)COC(=O)c1cccn1C. The fourth-order valence-electron chi connectivity index (χ4n) is 3.08. The Kier molecular flexibility index (Phi) is 6.47. The van der Waals surface area contributed by atoms with Crippen LogP contribution in [0.3, 0.4) is 0 Å². The van der Waals surface area contributed by atoms with E-state index in [9.17, 15) is 9.59 Å². The number of nitrogens with zero attached hydrogens (tertiary/aromatic N) is 1. The molecule has 5 nitrogen and oxygen atoms in total. The summed E-state index contributed by atoms with van der Waals surface area (Å²) < 4.78 is 6.72. The van der Waals surface area contributed by atoms with Crippen LogP contribution in [0.2, 0.25) is 0 Å². The highest BCUT2D eigenvalue weighted by atomic mass is 16.5. The van der Waals surface area contributed by atoms with Gasteiger partial charge in [-0.3, -0.25) is 4.79 Å². The highest BCUT2D eigenvalue weighted by Gasteiger charge is 2.16. The third-order valence-corrected chi connectivity index (χ3v) is 4.75. The van der Waals surface area contributed by atoms with Crippen LogP contribution in [0, 0.1) is 13.8 Å². The molecule has 0 aliphatic rings. The lowest BCUT2D eigenvalue weighted by atomic mass is 9.83. The van der Waals surface area contributed by atoms with Crippen LogP contribution in [-0.4, -0.2) is 29.6 Å². The van der Waals surface area contributed by atoms with E-state index >= 15 is 0 Å². The first kappa shape index (κ1) is 20.7. The molecule has 146 valence electrons. The quantitative estimate of drug-likeness (QED) is 0.792. The molecule has 1 aromatic heterocycles. The van der Waals surface area contributed by atoms with E-state index < -0.39 is 5.97 Å². The molecule has 2 aromatic rings. The van der Waals surface area contributed by atoms with Crippen LogP contribution in [0.5, 0.6) is 0 Å². The summed E-state index contributed by atoms with van der Waals surface area (Å²) in [5.41, 5.74) is 5.59. The first-order valence-electron chi connectivity index (χ1n) is 9.25. The molecule has 0 aliphatic carbocycles. The van der Waals surface area contributed by atoms with Crippen LogP contribution < -0.4 is 5.32 Å². The smallest absolute Gasteiger partial charge is 0.355 e. The van der Waals surface area contributed by atoms with Crippen LogP contribution in [0.1, 0.15) is 53.5 Å². The maximum Gasteiger partial charge on any atom is 0.355 e. The standard InChI is InChI=1S/C22H30N2O3/c1-15-12-17(22(3,4)5)13-16(2)18(15)9-10-23-20(25)14-27-21(26)19-8-7-11-24(19)6/h7-8,11-13H,9-10,14H2,1-6H3,(H,23,25). The molecule has 0 saturated carbocycles. The number of carbonyl (C=O) groups excluding carboxylic acids is 2. The number of esters is 1. The van der Waals surface area contributed by atoms with Gasteiger partial charge in [0, 0.05) is 19.8 Å². The van der Waals surface area contributed by atoms with E-state index in [0.29, 0.717) is 12.2 Å². The largest absolute Gasteiger partial charge is 0.451 e. The maximum atomic E-state index is 12.0. The molecule has 1 aromatic carbocycles. The van der Waals surface area contributed by atoms with Gasteiger partial charge in [-0.2, -0.15) is 0 Å². The second kappa shape index (κ2) is 8.42. The Labute approximate surface area is 161 Å². The zero-order chi connectivity index (χ0) is 20.2. The number of ether oxygens (including phenoxy) is 1. The average Bonchev–Trinajstić information content (AvgIpc) is 3.00. The Balaban J connectivity index is 1.85. The molecule has 5 heteroatoms. The van der Waals surface area contributed by atoms with E-state index in [0.717, 1.165) is 6.42 Å². The summed E-state index contributed by atoms with van der Waals surface area (Å²) in [7, 11) is 1.76. The van der Waals surface area contributed by atoms with E-state index in [1.807, 2.05) is 0 Å². The molecule has 0 unspecified atom stereocenters. The molecular formula is C22H30N2O3. The van der Waals surface area contributed by atoms with Crippen molar-refractivity contribution in [1.29, 1.82) is 0 Å². The number of rotatable bonds is 6. The Bertz CT molecular complexity index is 805. The number of aryl methyl sites for hydroxylation is 3. The minimum atomic E-state index is -0.498. The van der Waals surface area contributed by atoms with Crippen molar-refractivity contribution in [1.82, 2.24) is 9.88 Å². The van der Waals surface area contributed by atoms with E-state index in [-0.39, 0.29) is 17.9 Å². The number of carbonyl (C=O) groups is 2. The van der Waals surface area contributed by atoms with Crippen molar-refractivity contribution in [3.63, 3.8) is 0 Å². The van der Waals surface area contributed by atoms with Gasteiger partial charge in [0.25, 0.3) is 5.91 Å². The van der Waals surface area contributed by atoms with Crippen molar-refractivity contribution < 1.29 is 14.3 Å². The molecule has 0 fully saturated rings. The van der Waals surface area contributed by atoms with Gasteiger partial charge in [-0.05, 0) is 60.1 Å². The topological polar surface area (TPSA) is 60.3 Å². The predicted molar refractivity (Wildman–Crippen MR) is 107 cm³/mol. The molecule has 1 heterocycles. The summed E-state index contributed by atoms with van der Waals surface area (Å²) >= 11 is 0. The fourth-order valence-corrected chi connectivity index (χ4v) is 3.08. The Morgan fingerprint density at radius 3 is 2.30 bits per heavy atom. The van der Waals surface area contributed by atoms with E-state index in [1.165, 1.54) is 22.3 Å². The summed E-state index contributed by atoms with van der Waals surface area (Å²) in [5.74, 6) is -0.790. The fraction of sp³-hybridized carbons (Fsp3) is 0.455. The number of benzene rings is 1. The average molecular weight is 370 g/mol. The van der Waals surface area contributed by atoms with Gasteiger partial charge in [0.05, 0.1) is 0 Å². The van der Waals surface area contributed by atoms with Gasteiger partial charge in [-0.25, -0.2) is 4.79 Å². The maximum absolute atomic E-state index is 12.0. The lowest BCUT2D eigenvalue weighted by molar-refractivity contribution is -0.124. The monoisotopic (exact) mass is 370 g/mol. The Morgan fingerprint density at radius 2 is 1.78 bits per heavy atom. The van der Waals surface area contributed by atoms with Gasteiger partial charge in [-0.1, -0.05) is 32.9 Å². The second-order valence-corrected chi connectivity index (χ2v) is 8.02. The van der Waals surface area contributed by atoms with Crippen LogP contribution in [-0.2, 0) is 28.4 Å². The molecule has 0 spiro atoms. The molecule has 2 rings (SSSR count). The van der Waals surface area contributed by atoms with Crippen LogP contribution in [0.15, 0.2) is 30.5 Å². The first-order chi connectivity index (χ1) is 12.6. The molecule has 0 saturated heterocycles. The normalized spacial score (nSPS) is 11.3. The highest BCUT2D eigenvalue weighted by Crippen LogP contribution is 2.27. The van der Waals surface area contributed by atoms with Crippen LogP contribution in [0.4, 0.5) is 0 Å². The van der Waals surface area contributed by atoms with Crippen molar-refractivity contribution >= 4 is 11.9 Å². The number of nitrogens with one attached hydrogen (secondary N) is 1. The van der Waals surface area contributed by atoms with Crippen molar-refractivity contribution in [3.05, 3.63) is 58.4 Å². The van der Waals surface area contributed by atoms with Crippen LogP contribution in [0.25, 0.3) is 0 Å². The van der Waals surface area contributed by atoms with Crippen molar-refractivity contribution in [2.75, 3.05) is 13.2 Å². The minimum Gasteiger partial charge on any atom is -0.451 e. The third kappa shape index (κ3) is 5.46. The van der Waals surface area contributed by atoms with Gasteiger partial charge < -0.3 is 14.6 Å². The van der Waals surface area contributed by atoms with Crippen molar-refractivity contribution in [2.24, 2.45) is 7.05 Å². The lowest BCUT2D eigenvalue weighted by Crippen LogP contribution is -2.31. The van der Waals surface area contributed by atoms with Gasteiger partial charge in [0.1, 0.15) is 5.69 Å². The predicted octanol–water partition coefficient (Wildman–Crippen LogP) is 3.46. The minimum absolute atomic E-state index is 0.116. The summed E-state index contributed by atoms with van der Waals surface area (Å²) in [6.07, 6.45) is 2.51. The molecule has 0 atom stereocenters. The molecule has 0 bridgehead atoms. The summed E-state index contributed by atoms with van der Waals surface area (Å²) in [4.78, 5) is 23.9. The van der Waals surface area contributed by atoms with E-state index in [4.69, 9.17) is 4.74 Å². The van der Waals surface area contributed by atoms with E-state index in [2.05, 4.69) is 52.1 Å². The zero-order valence-electron chi connectivity index (χ0n) is 17.2. The number of hydrogen-bond donors (Lipinski definition) is 1. The number of aromatic nitrogens is 1. The molecule has 27 heavy (non-hydrogen) atoms. The van der Waals surface area contributed by atoms with Gasteiger partial charge >= 0.3 is 5.97 Å². The van der Waals surface area contributed by atoms with Gasteiger partial charge in [-0.15, -0.1) is 0 Å². The lowest BCUT2D eigenvalue weighted by Gasteiger charge is -2.22. The molecule has 0 radical (unpaired) electrons. The number of hydrogen-bond acceptors (Lipinski definition) is 3. The molecule has 1 amide bonds. The number of amides is 1. The zero-order valence-corrected chi connectivity index (χ0v) is 17.2. The first-order valence-corrected chi connectivity index (χ1v) is 9.25. The summed E-state index contributed by atoms with van der Waals surface area (Å²) in [6, 6.07) is 7.87. The van der Waals surface area contributed by atoms with Crippen molar-refractivity contribution in [2.45, 2.75) is 46.5 Å². The second-order valence-electron chi connectivity index (χ2n) is 8.02.